The second kappa shape index (κ2) is 7.87. The Morgan fingerprint density at radius 3 is 2.28 bits per heavy atom. The van der Waals surface area contributed by atoms with E-state index in [1.54, 1.807) is 0 Å². The van der Waals surface area contributed by atoms with Gasteiger partial charge in [-0.25, -0.2) is 4.98 Å². The van der Waals surface area contributed by atoms with Crippen LogP contribution in [0.2, 0.25) is 5.02 Å². The Hall–Kier alpha value is -2.07. The first-order valence-corrected chi connectivity index (χ1v) is 9.44. The fourth-order valence-corrected chi connectivity index (χ4v) is 3.38. The molecule has 4 nitrogen and oxygen atoms in total. The van der Waals surface area contributed by atoms with E-state index < -0.39 is 0 Å². The molecule has 2 heterocycles. The number of aromatic nitrogens is 3. The van der Waals surface area contributed by atoms with Crippen LogP contribution in [0, 0.1) is 0 Å². The van der Waals surface area contributed by atoms with Crippen LogP contribution in [0.25, 0.3) is 16.8 Å². The molecule has 0 bridgehead atoms. The highest BCUT2D eigenvalue weighted by molar-refractivity contribution is 6.30. The Bertz CT molecular complexity index is 833. The highest BCUT2D eigenvalue weighted by Crippen LogP contribution is 2.30. The third kappa shape index (κ3) is 3.49. The summed E-state index contributed by atoms with van der Waals surface area (Å²) in [5, 5.41) is 5.37. The molecule has 132 valence electrons. The van der Waals surface area contributed by atoms with Gasteiger partial charge in [0.15, 0.2) is 11.5 Å². The maximum Gasteiger partial charge on any atom is 0.164 e. The van der Waals surface area contributed by atoms with Gasteiger partial charge in [0.2, 0.25) is 0 Å². The van der Waals surface area contributed by atoms with Crippen LogP contribution in [0.3, 0.4) is 0 Å². The van der Waals surface area contributed by atoms with Crippen LogP contribution in [0.4, 0.5) is 5.82 Å². The van der Waals surface area contributed by atoms with E-state index in [0.717, 1.165) is 65.7 Å². The fraction of sp³-hybridized carbons (Fsp3) is 0.400. The van der Waals surface area contributed by atoms with E-state index in [1.165, 1.54) is 0 Å². The summed E-state index contributed by atoms with van der Waals surface area (Å²) in [6.45, 7) is 8.61. The quantitative estimate of drug-likeness (QED) is 0.580. The molecule has 3 rings (SSSR count). The molecule has 0 fully saturated rings. The molecule has 0 radical (unpaired) electrons. The van der Waals surface area contributed by atoms with Crippen molar-refractivity contribution < 1.29 is 0 Å². The molecule has 1 aromatic carbocycles. The van der Waals surface area contributed by atoms with E-state index in [-0.39, 0.29) is 0 Å². The maximum atomic E-state index is 6.04. The van der Waals surface area contributed by atoms with Crippen LogP contribution < -0.4 is 4.90 Å². The Balaban J connectivity index is 2.18. The Morgan fingerprint density at radius 2 is 1.68 bits per heavy atom. The van der Waals surface area contributed by atoms with E-state index in [1.807, 2.05) is 41.0 Å². The van der Waals surface area contributed by atoms with Gasteiger partial charge in [-0.2, -0.15) is 9.61 Å². The Morgan fingerprint density at radius 1 is 1.00 bits per heavy atom. The van der Waals surface area contributed by atoms with Gasteiger partial charge in [-0.05, 0) is 43.0 Å². The third-order valence-corrected chi connectivity index (χ3v) is 4.59. The second-order valence-electron chi connectivity index (χ2n) is 6.21. The fourth-order valence-electron chi connectivity index (χ4n) is 3.25. The minimum atomic E-state index is 0.740. The molecule has 5 heteroatoms. The summed E-state index contributed by atoms with van der Waals surface area (Å²) < 4.78 is 2.01. The molecule has 0 aliphatic carbocycles. The first kappa shape index (κ1) is 17.7. The molecule has 0 amide bonds. The normalized spacial score (nSPS) is 11.2. The topological polar surface area (TPSA) is 33.4 Å². The molecule has 0 unspecified atom stereocenters. The minimum absolute atomic E-state index is 0.740. The first-order valence-electron chi connectivity index (χ1n) is 9.07. The zero-order valence-electron chi connectivity index (χ0n) is 15.2. The molecule has 0 N–H and O–H groups in total. The highest BCUT2D eigenvalue weighted by Gasteiger charge is 2.19. The van der Waals surface area contributed by atoms with Crippen LogP contribution >= 0.6 is 11.6 Å². The molecule has 0 spiro atoms. The molecule has 2 aromatic heterocycles. The lowest BCUT2D eigenvalue weighted by molar-refractivity contribution is 0.714. The molecule has 0 aliphatic rings. The summed E-state index contributed by atoms with van der Waals surface area (Å²) in [7, 11) is 0. The number of halogens is 1. The van der Waals surface area contributed by atoms with Crippen LogP contribution in [-0.2, 0) is 6.42 Å². The van der Waals surface area contributed by atoms with Crippen LogP contribution in [0.15, 0.2) is 36.5 Å². The van der Waals surface area contributed by atoms with Gasteiger partial charge >= 0.3 is 0 Å². The van der Waals surface area contributed by atoms with Crippen molar-refractivity contribution in [1.82, 2.24) is 14.6 Å². The number of benzene rings is 1. The summed E-state index contributed by atoms with van der Waals surface area (Å²) >= 11 is 6.04. The molecule has 0 saturated carbocycles. The number of aryl methyl sites for hydroxylation is 1. The second-order valence-corrected chi connectivity index (χ2v) is 6.65. The summed E-state index contributed by atoms with van der Waals surface area (Å²) in [6.07, 6.45) is 4.96. The number of fused-ring (bicyclic) bond motifs is 1. The molecule has 0 atom stereocenters. The minimum Gasteiger partial charge on any atom is -0.355 e. The van der Waals surface area contributed by atoms with Gasteiger partial charge in [-0.3, -0.25) is 0 Å². The van der Waals surface area contributed by atoms with Crippen molar-refractivity contribution in [2.24, 2.45) is 0 Å². The number of rotatable bonds is 7. The van der Waals surface area contributed by atoms with Gasteiger partial charge in [-0.15, -0.1) is 0 Å². The SMILES string of the molecule is CCCN(CCC)c1c(CC)nc2c(-c3ccc(Cl)cc3)ccnn12. The lowest BCUT2D eigenvalue weighted by Gasteiger charge is -2.23. The molecule has 3 aromatic rings. The first-order chi connectivity index (χ1) is 12.2. The predicted octanol–water partition coefficient (Wildman–Crippen LogP) is 5.24. The van der Waals surface area contributed by atoms with Gasteiger partial charge in [0.05, 0.1) is 5.69 Å². The molecular weight excluding hydrogens is 332 g/mol. The zero-order valence-corrected chi connectivity index (χ0v) is 15.9. The van der Waals surface area contributed by atoms with Crippen molar-refractivity contribution >= 4 is 23.1 Å². The lowest BCUT2D eigenvalue weighted by atomic mass is 10.1. The zero-order chi connectivity index (χ0) is 17.8. The smallest absolute Gasteiger partial charge is 0.164 e. The summed E-state index contributed by atoms with van der Waals surface area (Å²) in [4.78, 5) is 7.36. The van der Waals surface area contributed by atoms with Gasteiger partial charge < -0.3 is 4.90 Å². The van der Waals surface area contributed by atoms with Gasteiger partial charge in [0, 0.05) is 29.9 Å². The van der Waals surface area contributed by atoms with Crippen LogP contribution in [0.5, 0.6) is 0 Å². The van der Waals surface area contributed by atoms with Crippen LogP contribution in [0.1, 0.15) is 39.3 Å². The van der Waals surface area contributed by atoms with E-state index in [2.05, 4.69) is 30.8 Å². The Labute approximate surface area is 154 Å². The van der Waals surface area contributed by atoms with Gasteiger partial charge in [0.25, 0.3) is 0 Å². The molecule has 25 heavy (non-hydrogen) atoms. The predicted molar refractivity (Wildman–Crippen MR) is 106 cm³/mol. The maximum absolute atomic E-state index is 6.04. The van der Waals surface area contributed by atoms with E-state index in [4.69, 9.17) is 16.6 Å². The van der Waals surface area contributed by atoms with Gasteiger partial charge in [0.1, 0.15) is 0 Å². The Kier molecular flexibility index (Phi) is 5.59. The average Bonchev–Trinajstić information content (AvgIpc) is 3.01. The van der Waals surface area contributed by atoms with Crippen molar-refractivity contribution in [3.05, 3.63) is 47.2 Å². The number of imidazole rings is 1. The standard InChI is InChI=1S/C20H25ClN4/c1-4-13-24(14-5-2)20-18(6-3)23-19-17(11-12-22-25(19)20)15-7-9-16(21)10-8-15/h7-12H,4-6,13-14H2,1-3H3. The van der Waals surface area contributed by atoms with Crippen molar-refractivity contribution in [1.29, 1.82) is 0 Å². The summed E-state index contributed by atoms with van der Waals surface area (Å²) in [6, 6.07) is 9.93. The third-order valence-electron chi connectivity index (χ3n) is 4.34. The van der Waals surface area contributed by atoms with Crippen LogP contribution in [-0.4, -0.2) is 27.7 Å². The van der Waals surface area contributed by atoms with Crippen molar-refractivity contribution in [3.8, 4) is 11.1 Å². The van der Waals surface area contributed by atoms with Crippen molar-refractivity contribution in [2.75, 3.05) is 18.0 Å². The lowest BCUT2D eigenvalue weighted by Crippen LogP contribution is -2.27. The average molecular weight is 357 g/mol. The van der Waals surface area contributed by atoms with Crippen molar-refractivity contribution in [2.45, 2.75) is 40.0 Å². The molecule has 0 saturated heterocycles. The largest absolute Gasteiger partial charge is 0.355 e. The molecule has 0 aliphatic heterocycles. The van der Waals surface area contributed by atoms with Gasteiger partial charge in [-0.1, -0.05) is 44.5 Å². The highest BCUT2D eigenvalue weighted by atomic mass is 35.5. The van der Waals surface area contributed by atoms with E-state index >= 15 is 0 Å². The van der Waals surface area contributed by atoms with E-state index in [9.17, 15) is 0 Å². The molecular formula is C20H25ClN4. The monoisotopic (exact) mass is 356 g/mol. The van der Waals surface area contributed by atoms with Crippen molar-refractivity contribution in [3.63, 3.8) is 0 Å². The number of hydrogen-bond acceptors (Lipinski definition) is 3. The summed E-state index contributed by atoms with van der Waals surface area (Å²) in [5.74, 6) is 1.14. The number of nitrogens with zero attached hydrogens (tertiary/aromatic N) is 4. The van der Waals surface area contributed by atoms with E-state index in [0.29, 0.717) is 0 Å². The number of hydrogen-bond donors (Lipinski definition) is 0. The summed E-state index contributed by atoms with van der Waals surface area (Å²) in [5.41, 5.74) is 4.21. The number of anilines is 1.